The van der Waals surface area contributed by atoms with Crippen LogP contribution in [0.1, 0.15) is 62.2 Å². The second kappa shape index (κ2) is 10.5. The van der Waals surface area contributed by atoms with Gasteiger partial charge in [0.2, 0.25) is 5.91 Å². The molecule has 10 nitrogen and oxygen atoms in total. The summed E-state index contributed by atoms with van der Waals surface area (Å²) in [7, 11) is 0. The number of oxazole rings is 1. The summed E-state index contributed by atoms with van der Waals surface area (Å²) < 4.78 is 25.1. The number of amides is 1. The molecule has 1 aliphatic rings. The largest absolute Gasteiger partial charge is 0.489 e. The first kappa shape index (κ1) is 29.2. The van der Waals surface area contributed by atoms with Gasteiger partial charge in [0.1, 0.15) is 40.4 Å². The quantitative estimate of drug-likeness (QED) is 0.216. The van der Waals surface area contributed by atoms with Crippen molar-refractivity contribution in [2.45, 2.75) is 57.2 Å². The van der Waals surface area contributed by atoms with Gasteiger partial charge in [-0.05, 0) is 82.6 Å². The Bertz CT molecular complexity index is 1680. The number of rotatable bonds is 9. The van der Waals surface area contributed by atoms with E-state index >= 15 is 0 Å². The molecule has 0 fully saturated rings. The molecular weight excluding hydrogens is 543 g/mol. The van der Waals surface area contributed by atoms with Crippen molar-refractivity contribution in [3.63, 3.8) is 0 Å². The van der Waals surface area contributed by atoms with Crippen molar-refractivity contribution < 1.29 is 33.3 Å². The molecule has 0 saturated carbocycles. The zero-order valence-corrected chi connectivity index (χ0v) is 23.8. The topological polar surface area (TPSA) is 161 Å². The van der Waals surface area contributed by atoms with E-state index < -0.39 is 22.4 Å². The molecule has 5 rings (SSSR count). The van der Waals surface area contributed by atoms with Gasteiger partial charge in [-0.2, -0.15) is 4.98 Å². The number of halogens is 1. The van der Waals surface area contributed by atoms with Crippen molar-refractivity contribution in [2.75, 3.05) is 18.9 Å². The molecule has 0 bridgehead atoms. The second-order valence-corrected chi connectivity index (χ2v) is 11.8. The third kappa shape index (κ3) is 5.70. The molecule has 2 aromatic carbocycles. The van der Waals surface area contributed by atoms with Gasteiger partial charge in [0, 0.05) is 29.7 Å². The van der Waals surface area contributed by atoms with E-state index in [0.29, 0.717) is 39.2 Å². The number of ether oxygens (including phenoxy) is 1. The zero-order chi connectivity index (χ0) is 30.4. The minimum Gasteiger partial charge on any atom is -0.489 e. The number of nitrogens with zero attached hydrogens (tertiary/aromatic N) is 2. The van der Waals surface area contributed by atoms with Crippen molar-refractivity contribution in [3.8, 4) is 17.0 Å². The first-order valence-corrected chi connectivity index (χ1v) is 13.5. The molecule has 2 aromatic heterocycles. The van der Waals surface area contributed by atoms with Crippen LogP contribution in [-0.2, 0) is 15.8 Å². The molecule has 0 radical (unpaired) electrons. The molecule has 2 atom stereocenters. The number of aromatic nitrogens is 2. The van der Waals surface area contributed by atoms with Crippen molar-refractivity contribution in [1.29, 1.82) is 0 Å². The lowest BCUT2D eigenvalue weighted by Crippen LogP contribution is -2.48. The summed E-state index contributed by atoms with van der Waals surface area (Å²) in [4.78, 5) is 35.2. The zero-order valence-electron chi connectivity index (χ0n) is 23.8. The summed E-state index contributed by atoms with van der Waals surface area (Å²) >= 11 is 0. The number of aliphatic hydroxyl groups is 2. The van der Waals surface area contributed by atoms with Crippen LogP contribution < -0.4 is 15.8 Å². The lowest BCUT2D eigenvalue weighted by atomic mass is 9.81. The van der Waals surface area contributed by atoms with Gasteiger partial charge < -0.3 is 30.4 Å². The molecular formula is C31H33FN4O6. The van der Waals surface area contributed by atoms with Crippen molar-refractivity contribution >= 4 is 28.8 Å². The van der Waals surface area contributed by atoms with Crippen LogP contribution in [0.2, 0.25) is 0 Å². The Morgan fingerprint density at radius 3 is 2.50 bits per heavy atom. The average Bonchev–Trinajstić information content (AvgIpc) is 3.49. The van der Waals surface area contributed by atoms with Gasteiger partial charge in [0.05, 0.1) is 11.3 Å². The number of pyridine rings is 1. The van der Waals surface area contributed by atoms with Crippen LogP contribution in [0.3, 0.4) is 0 Å². The van der Waals surface area contributed by atoms with Crippen molar-refractivity contribution in [2.24, 2.45) is 0 Å². The van der Waals surface area contributed by atoms with E-state index in [-0.39, 0.29) is 49.4 Å². The Morgan fingerprint density at radius 1 is 1.10 bits per heavy atom. The van der Waals surface area contributed by atoms with Crippen LogP contribution >= 0.6 is 0 Å². The van der Waals surface area contributed by atoms with E-state index in [4.69, 9.17) is 19.9 Å². The predicted octanol–water partition coefficient (Wildman–Crippen LogP) is 4.02. The Kier molecular flexibility index (Phi) is 7.28. The number of carbonyl (C=O) groups is 2. The summed E-state index contributed by atoms with van der Waals surface area (Å²) in [6.45, 7) is 6.44. The number of nitrogens with two attached hydrogens (primary N) is 1. The number of carbonyl (C=O) groups excluding carboxylic acids is 2. The van der Waals surface area contributed by atoms with Gasteiger partial charge in [0.25, 0.3) is 6.01 Å². The highest BCUT2D eigenvalue weighted by molar-refractivity contribution is 5.98. The van der Waals surface area contributed by atoms with Gasteiger partial charge in [0.15, 0.2) is 11.4 Å². The third-order valence-electron chi connectivity index (χ3n) is 7.49. The molecule has 0 spiro atoms. The Morgan fingerprint density at radius 2 is 1.81 bits per heavy atom. The lowest BCUT2D eigenvalue weighted by molar-refractivity contribution is -0.127. The summed E-state index contributed by atoms with van der Waals surface area (Å²) in [5.74, 6) is -0.687. The summed E-state index contributed by atoms with van der Waals surface area (Å²) in [5.41, 5.74) is 4.58. The molecule has 1 amide bonds. The minimum atomic E-state index is -1.59. The Balaban J connectivity index is 1.48. The van der Waals surface area contributed by atoms with E-state index in [0.717, 1.165) is 0 Å². The molecule has 0 aliphatic carbocycles. The second-order valence-electron chi connectivity index (χ2n) is 11.8. The highest BCUT2D eigenvalue weighted by Crippen LogP contribution is 2.46. The highest BCUT2D eigenvalue weighted by atomic mass is 19.1. The van der Waals surface area contributed by atoms with Crippen LogP contribution in [0.15, 0.2) is 52.9 Å². The van der Waals surface area contributed by atoms with Gasteiger partial charge in [-0.15, -0.1) is 0 Å². The van der Waals surface area contributed by atoms with E-state index in [9.17, 15) is 24.2 Å². The number of ketones is 1. The van der Waals surface area contributed by atoms with Crippen molar-refractivity contribution in [3.05, 3.63) is 71.2 Å². The maximum Gasteiger partial charge on any atom is 0.292 e. The number of nitrogen functional groups attached to an aromatic ring is 1. The maximum atomic E-state index is 13.7. The molecule has 5 N–H and O–H groups in total. The summed E-state index contributed by atoms with van der Waals surface area (Å²) in [6.07, 6.45) is -0.00780. The summed E-state index contributed by atoms with van der Waals surface area (Å²) in [5, 5.41) is 24.5. The molecule has 1 aliphatic heterocycles. The van der Waals surface area contributed by atoms with E-state index in [1.54, 1.807) is 64.1 Å². The maximum absolute atomic E-state index is 13.7. The highest BCUT2D eigenvalue weighted by Gasteiger charge is 2.46. The number of Topliss-reactive ketones (excluding diaryl/α,β-unsaturated/α-hetero) is 1. The number of hydrogen-bond donors (Lipinski definition) is 4. The molecule has 0 saturated heterocycles. The van der Waals surface area contributed by atoms with Gasteiger partial charge in [-0.3, -0.25) is 9.59 Å². The van der Waals surface area contributed by atoms with Crippen LogP contribution in [0.25, 0.3) is 22.4 Å². The standard InChI is InChI=1S/C31H33FN4O6/c1-29(2,39)15-34-27(38)30(3)16-41-26-20(30)14-24(36-25(26)17-5-8-19(32)9-6-17)31(4,40)12-11-22(37)18-7-10-21-23(13-18)42-28(33)35-21/h5-10,13-14,39-40H,11-12,15-16H2,1-4H3,(H2,33,35)(H,34,38)/t30-,31-/m0/s1. The van der Waals surface area contributed by atoms with E-state index in [1.165, 1.54) is 12.1 Å². The molecule has 220 valence electrons. The number of hydrogen-bond acceptors (Lipinski definition) is 9. The van der Waals surface area contributed by atoms with Gasteiger partial charge >= 0.3 is 0 Å². The van der Waals surface area contributed by atoms with E-state index in [2.05, 4.69) is 10.3 Å². The third-order valence-corrected chi connectivity index (χ3v) is 7.49. The van der Waals surface area contributed by atoms with Crippen LogP contribution in [0.4, 0.5) is 10.4 Å². The molecule has 4 aromatic rings. The first-order valence-electron chi connectivity index (χ1n) is 13.5. The van der Waals surface area contributed by atoms with Crippen molar-refractivity contribution in [1.82, 2.24) is 15.3 Å². The molecule has 42 heavy (non-hydrogen) atoms. The monoisotopic (exact) mass is 576 g/mol. The molecule has 0 unspecified atom stereocenters. The average molecular weight is 577 g/mol. The molecule has 3 heterocycles. The fourth-order valence-corrected chi connectivity index (χ4v) is 4.89. The Hall–Kier alpha value is -4.35. The fraction of sp³-hybridized carbons (Fsp3) is 0.355. The van der Waals surface area contributed by atoms with Crippen LogP contribution in [0.5, 0.6) is 5.75 Å². The predicted molar refractivity (Wildman–Crippen MR) is 153 cm³/mol. The number of nitrogens with one attached hydrogen (secondary N) is 1. The normalized spacial score (nSPS) is 17.9. The summed E-state index contributed by atoms with van der Waals surface area (Å²) in [6, 6.07) is 12.1. The van der Waals surface area contributed by atoms with Crippen LogP contribution in [0, 0.1) is 5.82 Å². The minimum absolute atomic E-state index is 0.00177. The lowest BCUT2D eigenvalue weighted by Gasteiger charge is -2.27. The molecule has 11 heteroatoms. The first-order chi connectivity index (χ1) is 19.7. The number of benzene rings is 2. The SMILES string of the molecule is CC(C)(O)CNC(=O)[C@@]1(C)COc2c1cc([C@@](C)(O)CCC(=O)c1ccc3nc(N)oc3c1)nc2-c1ccc(F)cc1. The fourth-order valence-electron chi connectivity index (χ4n) is 4.89. The number of fused-ring (bicyclic) bond motifs is 2. The van der Waals surface area contributed by atoms with Gasteiger partial charge in [-0.1, -0.05) is 0 Å². The van der Waals surface area contributed by atoms with E-state index in [1.807, 2.05) is 0 Å². The number of anilines is 1. The Labute approximate surface area is 241 Å². The smallest absolute Gasteiger partial charge is 0.292 e. The van der Waals surface area contributed by atoms with Crippen LogP contribution in [-0.4, -0.2) is 50.6 Å². The van der Waals surface area contributed by atoms with Gasteiger partial charge in [-0.25, -0.2) is 9.37 Å².